The number of rotatable bonds is 8. The maximum absolute atomic E-state index is 13.9. The normalized spacial score (nSPS) is 12.9. The van der Waals surface area contributed by atoms with E-state index in [1.54, 1.807) is 18.2 Å². The van der Waals surface area contributed by atoms with E-state index < -0.39 is 0 Å². The first-order chi connectivity index (χ1) is 9.13. The summed E-state index contributed by atoms with van der Waals surface area (Å²) in [6.45, 7) is 4.33. The molecule has 0 aliphatic rings. The molecule has 0 aliphatic carbocycles. The number of hydrogen-bond donors (Lipinski definition) is 2. The summed E-state index contributed by atoms with van der Waals surface area (Å²) in [5.41, 5.74) is 3.49. The van der Waals surface area contributed by atoms with Crippen LogP contribution in [0, 0.1) is 11.7 Å². The largest absolute Gasteiger partial charge is 0.271 e. The number of hydrazine groups is 1. The van der Waals surface area contributed by atoms with Crippen molar-refractivity contribution in [3.05, 3.63) is 34.6 Å². The van der Waals surface area contributed by atoms with Crippen LogP contribution in [0.2, 0.25) is 5.02 Å². The lowest BCUT2D eigenvalue weighted by molar-refractivity contribution is 0.309. The zero-order chi connectivity index (χ0) is 14.3. The van der Waals surface area contributed by atoms with Gasteiger partial charge in [0.2, 0.25) is 0 Å². The molecule has 19 heavy (non-hydrogen) atoms. The number of hydrogen-bond acceptors (Lipinski definition) is 2. The first-order valence-corrected chi connectivity index (χ1v) is 7.40. The maximum Gasteiger partial charge on any atom is 0.145 e. The van der Waals surface area contributed by atoms with Gasteiger partial charge in [0.25, 0.3) is 0 Å². The molecule has 0 heterocycles. The maximum atomic E-state index is 13.9. The lowest BCUT2D eigenvalue weighted by atomic mass is 9.87. The van der Waals surface area contributed by atoms with Crippen LogP contribution in [-0.4, -0.2) is 6.04 Å². The van der Waals surface area contributed by atoms with E-state index in [1.807, 2.05) is 0 Å². The summed E-state index contributed by atoms with van der Waals surface area (Å²) in [4.78, 5) is 0. The Balaban J connectivity index is 2.82. The highest BCUT2D eigenvalue weighted by Gasteiger charge is 2.21. The second-order valence-corrected chi connectivity index (χ2v) is 5.43. The van der Waals surface area contributed by atoms with Crippen LogP contribution in [0.5, 0.6) is 0 Å². The number of halogens is 2. The third-order valence-corrected chi connectivity index (χ3v) is 3.87. The van der Waals surface area contributed by atoms with E-state index in [0.717, 1.165) is 25.7 Å². The molecule has 1 rings (SSSR count). The van der Waals surface area contributed by atoms with Gasteiger partial charge in [0.15, 0.2) is 0 Å². The summed E-state index contributed by atoms with van der Waals surface area (Å²) in [5, 5.41) is 0.177. The minimum absolute atomic E-state index is 0.0906. The van der Waals surface area contributed by atoms with Crippen LogP contribution in [0.3, 0.4) is 0 Å². The van der Waals surface area contributed by atoms with Crippen LogP contribution in [0.15, 0.2) is 18.2 Å². The fourth-order valence-corrected chi connectivity index (χ4v) is 2.79. The molecule has 1 atom stereocenters. The Kier molecular flexibility index (Phi) is 7.36. The SMILES string of the molecule is CCCC(CCC)C(Cc1cccc(Cl)c1F)NN. The molecule has 3 N–H and O–H groups in total. The summed E-state index contributed by atoms with van der Waals surface area (Å²) in [6, 6.07) is 5.22. The monoisotopic (exact) mass is 286 g/mol. The molecule has 4 heteroatoms. The molecule has 0 saturated carbocycles. The molecule has 0 spiro atoms. The molecule has 0 radical (unpaired) electrons. The quantitative estimate of drug-likeness (QED) is 0.558. The van der Waals surface area contributed by atoms with E-state index in [9.17, 15) is 4.39 Å². The topological polar surface area (TPSA) is 38.0 Å². The molecule has 0 aromatic heterocycles. The molecule has 2 nitrogen and oxygen atoms in total. The average molecular weight is 287 g/mol. The van der Waals surface area contributed by atoms with Crippen LogP contribution in [0.1, 0.15) is 45.1 Å². The van der Waals surface area contributed by atoms with Crippen LogP contribution in [-0.2, 0) is 6.42 Å². The fraction of sp³-hybridized carbons (Fsp3) is 0.600. The van der Waals surface area contributed by atoms with Gasteiger partial charge in [-0.05, 0) is 36.8 Å². The molecule has 0 amide bonds. The Morgan fingerprint density at radius 3 is 2.42 bits per heavy atom. The van der Waals surface area contributed by atoms with Crippen LogP contribution in [0.4, 0.5) is 4.39 Å². The zero-order valence-electron chi connectivity index (χ0n) is 11.8. The molecule has 0 fully saturated rings. The summed E-state index contributed by atoms with van der Waals surface area (Å²) in [6.07, 6.45) is 5.01. The summed E-state index contributed by atoms with van der Waals surface area (Å²) >= 11 is 5.82. The zero-order valence-corrected chi connectivity index (χ0v) is 12.5. The van der Waals surface area contributed by atoms with Gasteiger partial charge in [0, 0.05) is 6.04 Å². The van der Waals surface area contributed by atoms with Crippen LogP contribution < -0.4 is 11.3 Å². The van der Waals surface area contributed by atoms with Crippen molar-refractivity contribution in [1.29, 1.82) is 0 Å². The van der Waals surface area contributed by atoms with Gasteiger partial charge in [-0.3, -0.25) is 11.3 Å². The molecule has 1 aromatic rings. The second-order valence-electron chi connectivity index (χ2n) is 5.03. The fourth-order valence-electron chi connectivity index (χ4n) is 2.59. The van der Waals surface area contributed by atoms with Gasteiger partial charge in [-0.15, -0.1) is 0 Å². The number of benzene rings is 1. The van der Waals surface area contributed by atoms with Gasteiger partial charge in [0.1, 0.15) is 5.82 Å². The summed E-state index contributed by atoms with van der Waals surface area (Å²) in [5.74, 6) is 5.81. The summed E-state index contributed by atoms with van der Waals surface area (Å²) in [7, 11) is 0. The Bertz CT molecular complexity index is 378. The van der Waals surface area contributed by atoms with Crippen molar-refractivity contribution >= 4 is 11.6 Å². The predicted molar refractivity (Wildman–Crippen MR) is 79.5 cm³/mol. The van der Waals surface area contributed by atoms with E-state index in [2.05, 4.69) is 19.3 Å². The van der Waals surface area contributed by atoms with Gasteiger partial charge in [-0.25, -0.2) is 4.39 Å². The highest BCUT2D eigenvalue weighted by molar-refractivity contribution is 6.30. The standard InChI is InChI=1S/C15H24ClFN2/c1-3-6-11(7-4-2)14(19-18)10-12-8-5-9-13(16)15(12)17/h5,8-9,11,14,19H,3-4,6-7,10,18H2,1-2H3. The van der Waals surface area contributed by atoms with Gasteiger partial charge in [0.05, 0.1) is 5.02 Å². The van der Waals surface area contributed by atoms with Gasteiger partial charge >= 0.3 is 0 Å². The molecule has 0 aliphatic heterocycles. The molecule has 1 aromatic carbocycles. The minimum atomic E-state index is -0.323. The molecule has 108 valence electrons. The Morgan fingerprint density at radius 1 is 1.26 bits per heavy atom. The van der Waals surface area contributed by atoms with E-state index >= 15 is 0 Å². The Morgan fingerprint density at radius 2 is 1.89 bits per heavy atom. The number of nitrogens with two attached hydrogens (primary N) is 1. The molecule has 1 unspecified atom stereocenters. The van der Waals surface area contributed by atoms with Crippen LogP contribution >= 0.6 is 11.6 Å². The first kappa shape index (κ1) is 16.4. The van der Waals surface area contributed by atoms with E-state index in [1.165, 1.54) is 0 Å². The Hall–Kier alpha value is -0.640. The predicted octanol–water partition coefficient (Wildman–Crippen LogP) is 4.07. The smallest absolute Gasteiger partial charge is 0.145 e. The summed E-state index contributed by atoms with van der Waals surface area (Å²) < 4.78 is 13.9. The van der Waals surface area contributed by atoms with Crippen molar-refractivity contribution < 1.29 is 4.39 Å². The van der Waals surface area contributed by atoms with E-state index in [4.69, 9.17) is 17.4 Å². The Labute approximate surface area is 120 Å². The number of nitrogens with one attached hydrogen (secondary N) is 1. The van der Waals surface area contributed by atoms with Crippen molar-refractivity contribution in [2.45, 2.75) is 52.0 Å². The highest BCUT2D eigenvalue weighted by atomic mass is 35.5. The van der Waals surface area contributed by atoms with Gasteiger partial charge in [-0.2, -0.15) is 0 Å². The van der Waals surface area contributed by atoms with Crippen molar-refractivity contribution in [3.8, 4) is 0 Å². The average Bonchev–Trinajstić information content (AvgIpc) is 2.40. The van der Waals surface area contributed by atoms with E-state index in [0.29, 0.717) is 17.9 Å². The molecular weight excluding hydrogens is 263 g/mol. The lowest BCUT2D eigenvalue weighted by Crippen LogP contribution is -2.42. The molecule has 0 bridgehead atoms. The van der Waals surface area contributed by atoms with Gasteiger partial charge < -0.3 is 0 Å². The molecule has 0 saturated heterocycles. The van der Waals surface area contributed by atoms with Crippen molar-refractivity contribution in [1.82, 2.24) is 5.43 Å². The minimum Gasteiger partial charge on any atom is -0.271 e. The molecular formula is C15H24ClFN2. The third kappa shape index (κ3) is 4.75. The lowest BCUT2D eigenvalue weighted by Gasteiger charge is -2.26. The second kappa shape index (κ2) is 8.51. The van der Waals surface area contributed by atoms with Crippen molar-refractivity contribution in [2.75, 3.05) is 0 Å². The highest BCUT2D eigenvalue weighted by Crippen LogP contribution is 2.24. The van der Waals surface area contributed by atoms with Crippen LogP contribution in [0.25, 0.3) is 0 Å². The van der Waals surface area contributed by atoms with E-state index in [-0.39, 0.29) is 16.9 Å². The van der Waals surface area contributed by atoms with Crippen molar-refractivity contribution in [3.63, 3.8) is 0 Å². The first-order valence-electron chi connectivity index (χ1n) is 7.03. The van der Waals surface area contributed by atoms with Gasteiger partial charge in [-0.1, -0.05) is 50.4 Å². The third-order valence-electron chi connectivity index (χ3n) is 3.57. The van der Waals surface area contributed by atoms with Crippen molar-refractivity contribution in [2.24, 2.45) is 11.8 Å².